The van der Waals surface area contributed by atoms with Crippen molar-refractivity contribution in [1.29, 1.82) is 0 Å². The van der Waals surface area contributed by atoms with Gasteiger partial charge < -0.3 is 10.1 Å². The quantitative estimate of drug-likeness (QED) is 0.299. The average Bonchev–Trinajstić information content (AvgIpc) is 2.78. The van der Waals surface area contributed by atoms with Crippen molar-refractivity contribution < 1.29 is 17.9 Å². The Balaban J connectivity index is 2.04. The first kappa shape index (κ1) is 27.2. The minimum Gasteiger partial charge on any atom is -0.493 e. The van der Waals surface area contributed by atoms with E-state index in [1.165, 1.54) is 29.3 Å². The van der Waals surface area contributed by atoms with Crippen LogP contribution in [-0.4, -0.2) is 27.5 Å². The Morgan fingerprint density at radius 3 is 2.24 bits per heavy atom. The number of rotatable bonds is 11. The van der Waals surface area contributed by atoms with Crippen LogP contribution in [0.1, 0.15) is 82.3 Å². The van der Waals surface area contributed by atoms with Gasteiger partial charge in [-0.3, -0.25) is 4.79 Å². The van der Waals surface area contributed by atoms with Crippen LogP contribution in [0.5, 0.6) is 5.75 Å². The second kappa shape index (κ2) is 10.9. The molecule has 0 aliphatic rings. The molecule has 182 valence electrons. The zero-order chi connectivity index (χ0) is 24.9. The predicted octanol–water partition coefficient (Wildman–Crippen LogP) is 6.19. The number of benzene rings is 2. The average molecular weight is 494 g/mol. The second-order valence-electron chi connectivity index (χ2n) is 9.58. The Hall–Kier alpha value is -2.05. The zero-order valence-electron chi connectivity index (χ0n) is 20.5. The van der Waals surface area contributed by atoms with Crippen LogP contribution in [0.3, 0.4) is 0 Å². The normalized spacial score (nSPS) is 12.5. The lowest BCUT2D eigenvalue weighted by molar-refractivity contribution is 0.0948. The molecule has 1 amide bonds. The summed E-state index contributed by atoms with van der Waals surface area (Å²) in [5, 5.41) is 2.75. The van der Waals surface area contributed by atoms with E-state index in [0.29, 0.717) is 19.6 Å². The molecule has 33 heavy (non-hydrogen) atoms. The third-order valence-electron chi connectivity index (χ3n) is 6.52. The van der Waals surface area contributed by atoms with Crippen molar-refractivity contribution in [3.05, 3.63) is 59.2 Å². The first-order valence-electron chi connectivity index (χ1n) is 11.4. The minimum absolute atomic E-state index is 0.0276. The van der Waals surface area contributed by atoms with Crippen LogP contribution in [0, 0.1) is 0 Å². The largest absolute Gasteiger partial charge is 0.493 e. The van der Waals surface area contributed by atoms with E-state index in [-0.39, 0.29) is 21.3 Å². The molecule has 0 heterocycles. The van der Waals surface area contributed by atoms with Crippen molar-refractivity contribution in [2.75, 3.05) is 13.2 Å². The standard InChI is InChI=1S/C26H36ClNO4S/c1-7-25(3,4)19-14-15-22(21(18-19)26(5,6)8-2)32-17-11-16-28-24(29)20-12-9-10-13-23(20)33(27,30)31/h9-10,12-15,18H,7-8,11,16-17H2,1-6H3,(H,28,29). The highest BCUT2D eigenvalue weighted by atomic mass is 35.7. The van der Waals surface area contributed by atoms with E-state index in [9.17, 15) is 13.2 Å². The van der Waals surface area contributed by atoms with E-state index in [0.717, 1.165) is 18.6 Å². The first-order valence-corrected chi connectivity index (χ1v) is 13.7. The fourth-order valence-electron chi connectivity index (χ4n) is 3.42. The van der Waals surface area contributed by atoms with Crippen molar-refractivity contribution in [1.82, 2.24) is 5.32 Å². The second-order valence-corrected chi connectivity index (χ2v) is 12.1. The Labute approximate surface area is 203 Å². The molecule has 0 atom stereocenters. The first-order chi connectivity index (χ1) is 15.3. The van der Waals surface area contributed by atoms with Gasteiger partial charge in [-0.15, -0.1) is 0 Å². The number of halogens is 1. The number of ether oxygens (including phenoxy) is 1. The van der Waals surface area contributed by atoms with Crippen LogP contribution in [-0.2, 0) is 19.9 Å². The Morgan fingerprint density at radius 1 is 1.00 bits per heavy atom. The monoisotopic (exact) mass is 493 g/mol. The van der Waals surface area contributed by atoms with Crippen LogP contribution in [0.15, 0.2) is 47.4 Å². The van der Waals surface area contributed by atoms with E-state index < -0.39 is 15.0 Å². The summed E-state index contributed by atoms with van der Waals surface area (Å²) in [5.74, 6) is 0.385. The van der Waals surface area contributed by atoms with Gasteiger partial charge in [-0.05, 0) is 53.9 Å². The molecule has 0 aliphatic carbocycles. The van der Waals surface area contributed by atoms with E-state index in [2.05, 4.69) is 65.1 Å². The van der Waals surface area contributed by atoms with Crippen LogP contribution >= 0.6 is 10.7 Å². The van der Waals surface area contributed by atoms with Gasteiger partial charge in [0.2, 0.25) is 0 Å². The van der Waals surface area contributed by atoms with Crippen molar-refractivity contribution in [2.24, 2.45) is 0 Å². The minimum atomic E-state index is -4.00. The smallest absolute Gasteiger partial charge is 0.262 e. The maximum Gasteiger partial charge on any atom is 0.262 e. The van der Waals surface area contributed by atoms with Gasteiger partial charge >= 0.3 is 0 Å². The highest BCUT2D eigenvalue weighted by molar-refractivity contribution is 8.13. The number of hydrogen-bond donors (Lipinski definition) is 1. The molecule has 0 unspecified atom stereocenters. The van der Waals surface area contributed by atoms with E-state index in [1.807, 2.05) is 0 Å². The zero-order valence-corrected chi connectivity index (χ0v) is 22.1. The SMILES string of the molecule is CCC(C)(C)c1ccc(OCCCNC(=O)c2ccccc2S(=O)(=O)Cl)c(C(C)(C)CC)c1. The number of nitrogens with one attached hydrogen (secondary N) is 1. The number of hydrogen-bond acceptors (Lipinski definition) is 4. The Morgan fingerprint density at radius 2 is 1.64 bits per heavy atom. The Kier molecular flexibility index (Phi) is 9.00. The van der Waals surface area contributed by atoms with E-state index in [4.69, 9.17) is 15.4 Å². The summed E-state index contributed by atoms with van der Waals surface area (Å²) in [7, 11) is 1.44. The molecule has 0 saturated carbocycles. The molecule has 0 spiro atoms. The fraction of sp³-hybridized carbons (Fsp3) is 0.500. The lowest BCUT2D eigenvalue weighted by Crippen LogP contribution is -2.27. The van der Waals surface area contributed by atoms with Gasteiger partial charge in [0.15, 0.2) is 0 Å². The van der Waals surface area contributed by atoms with Crippen molar-refractivity contribution in [3.8, 4) is 5.75 Å². The lowest BCUT2D eigenvalue weighted by atomic mass is 9.76. The van der Waals surface area contributed by atoms with Crippen LogP contribution in [0.4, 0.5) is 0 Å². The predicted molar refractivity (Wildman–Crippen MR) is 135 cm³/mol. The maximum absolute atomic E-state index is 12.5. The molecular formula is C26H36ClNO4S. The highest BCUT2D eigenvalue weighted by Crippen LogP contribution is 2.38. The number of carbonyl (C=O) groups is 1. The van der Waals surface area contributed by atoms with Gasteiger partial charge in [-0.25, -0.2) is 8.42 Å². The molecule has 5 nitrogen and oxygen atoms in total. The van der Waals surface area contributed by atoms with Crippen molar-refractivity contribution in [2.45, 2.75) is 76.5 Å². The molecule has 0 aliphatic heterocycles. The molecule has 0 bridgehead atoms. The summed E-state index contributed by atoms with van der Waals surface area (Å²) in [6, 6.07) is 12.4. The topological polar surface area (TPSA) is 72.5 Å². The van der Waals surface area contributed by atoms with Crippen molar-refractivity contribution in [3.63, 3.8) is 0 Å². The third kappa shape index (κ3) is 6.97. The molecule has 2 aromatic carbocycles. The molecular weight excluding hydrogens is 458 g/mol. The number of amides is 1. The Bertz CT molecular complexity index is 1080. The van der Waals surface area contributed by atoms with Gasteiger partial charge in [0.05, 0.1) is 17.1 Å². The summed E-state index contributed by atoms with van der Waals surface area (Å²) in [6.07, 6.45) is 2.61. The summed E-state index contributed by atoms with van der Waals surface area (Å²) in [6.45, 7) is 14.1. The molecule has 7 heteroatoms. The van der Waals surface area contributed by atoms with E-state index in [1.54, 1.807) is 6.07 Å². The molecule has 1 N–H and O–H groups in total. The third-order valence-corrected chi connectivity index (χ3v) is 7.90. The molecule has 2 rings (SSSR count). The van der Waals surface area contributed by atoms with Gasteiger partial charge in [-0.2, -0.15) is 0 Å². The highest BCUT2D eigenvalue weighted by Gasteiger charge is 2.26. The van der Waals surface area contributed by atoms with Gasteiger partial charge in [0, 0.05) is 22.8 Å². The summed E-state index contributed by atoms with van der Waals surface area (Å²) >= 11 is 0. The molecule has 2 aromatic rings. The fourth-order valence-corrected chi connectivity index (χ4v) is 4.49. The van der Waals surface area contributed by atoms with Gasteiger partial charge in [0.1, 0.15) is 5.75 Å². The van der Waals surface area contributed by atoms with Gasteiger partial charge in [0.25, 0.3) is 15.0 Å². The van der Waals surface area contributed by atoms with Gasteiger partial charge in [-0.1, -0.05) is 65.8 Å². The van der Waals surface area contributed by atoms with Crippen molar-refractivity contribution >= 4 is 25.6 Å². The summed E-state index contributed by atoms with van der Waals surface area (Å²) in [5.41, 5.74) is 2.59. The number of carbonyl (C=O) groups excluding carboxylic acids is 1. The van der Waals surface area contributed by atoms with Crippen LogP contribution in [0.25, 0.3) is 0 Å². The molecule has 0 aromatic heterocycles. The van der Waals surface area contributed by atoms with Crippen LogP contribution in [0.2, 0.25) is 0 Å². The molecule has 0 fully saturated rings. The summed E-state index contributed by atoms with van der Waals surface area (Å²) in [4.78, 5) is 12.3. The molecule has 0 saturated heterocycles. The molecule has 0 radical (unpaired) electrons. The lowest BCUT2D eigenvalue weighted by Gasteiger charge is -2.30. The maximum atomic E-state index is 12.5. The van der Waals surface area contributed by atoms with Crippen LogP contribution < -0.4 is 10.1 Å². The van der Waals surface area contributed by atoms with E-state index >= 15 is 0 Å². The summed E-state index contributed by atoms with van der Waals surface area (Å²) < 4.78 is 29.5.